The van der Waals surface area contributed by atoms with Gasteiger partial charge in [-0.25, -0.2) is 0 Å². The van der Waals surface area contributed by atoms with E-state index in [0.29, 0.717) is 0 Å². The van der Waals surface area contributed by atoms with Crippen LogP contribution in [0.25, 0.3) is 11.1 Å². The van der Waals surface area contributed by atoms with Gasteiger partial charge in [0.1, 0.15) is 0 Å². The topological polar surface area (TPSA) is 0 Å². The zero-order chi connectivity index (χ0) is 29.8. The van der Waals surface area contributed by atoms with E-state index < -0.39 is 25.8 Å². The predicted molar refractivity (Wildman–Crippen MR) is 181 cm³/mol. The largest absolute Gasteiger partial charge is 1.00 e. The van der Waals surface area contributed by atoms with Crippen LogP contribution in [0.2, 0.25) is 0 Å². The van der Waals surface area contributed by atoms with Gasteiger partial charge in [-0.3, -0.25) is 0 Å². The van der Waals surface area contributed by atoms with Crippen molar-refractivity contribution in [3.63, 3.8) is 0 Å². The smallest absolute Gasteiger partial charge is 1.00 e. The quantitative estimate of drug-likeness (QED) is 0.251. The summed E-state index contributed by atoms with van der Waals surface area (Å²) >= 11 is -2.50. The first-order valence-corrected chi connectivity index (χ1v) is 23.1. The van der Waals surface area contributed by atoms with Crippen molar-refractivity contribution in [1.29, 1.82) is 0 Å². The molecule has 0 aliphatic heterocycles. The molecule has 0 atom stereocenters. The Balaban J connectivity index is 0.00000221. The average molecular weight is 715 g/mol. The van der Waals surface area contributed by atoms with E-state index in [1.165, 1.54) is 38.9 Å². The van der Waals surface area contributed by atoms with Crippen molar-refractivity contribution in [2.24, 2.45) is 0 Å². The van der Waals surface area contributed by atoms with Gasteiger partial charge in [0.15, 0.2) is 0 Å². The van der Waals surface area contributed by atoms with Crippen LogP contribution in [0.5, 0.6) is 0 Å². The predicted octanol–water partition coefficient (Wildman–Crippen LogP) is 2.37. The molecular formula is C40H44Cl2SiZr. The van der Waals surface area contributed by atoms with E-state index in [0.717, 1.165) is 12.8 Å². The van der Waals surface area contributed by atoms with E-state index in [4.69, 9.17) is 0 Å². The van der Waals surface area contributed by atoms with Crippen LogP contribution in [-0.2, 0) is 37.6 Å². The van der Waals surface area contributed by atoms with Crippen LogP contribution < -0.4 is 38.5 Å². The molecule has 2 aliphatic rings. The minimum Gasteiger partial charge on any atom is -1.00 e. The number of fused-ring (bicyclic) bond motifs is 3. The second-order valence-electron chi connectivity index (χ2n) is 14.4. The van der Waals surface area contributed by atoms with Crippen LogP contribution in [0.3, 0.4) is 0 Å². The van der Waals surface area contributed by atoms with E-state index in [1.807, 2.05) is 0 Å². The van der Waals surface area contributed by atoms with E-state index in [-0.39, 0.29) is 35.6 Å². The summed E-state index contributed by atoms with van der Waals surface area (Å²) in [7, 11) is 0. The first kappa shape index (κ1) is 34.9. The second kappa shape index (κ2) is 13.4. The molecule has 0 fully saturated rings. The van der Waals surface area contributed by atoms with Crippen molar-refractivity contribution in [2.75, 3.05) is 0 Å². The van der Waals surface area contributed by atoms with Crippen molar-refractivity contribution >= 4 is 19.1 Å². The maximum Gasteiger partial charge on any atom is -1.00 e. The Morgan fingerprint density at radius 1 is 0.636 bits per heavy atom. The van der Waals surface area contributed by atoms with Gasteiger partial charge in [0.05, 0.1) is 0 Å². The van der Waals surface area contributed by atoms with Crippen LogP contribution in [0.4, 0.5) is 0 Å². The Hall–Kier alpha value is -1.96. The molecule has 0 N–H and O–H groups in total. The van der Waals surface area contributed by atoms with Crippen molar-refractivity contribution in [3.8, 4) is 11.1 Å². The first-order chi connectivity index (χ1) is 19.9. The van der Waals surface area contributed by atoms with Crippen LogP contribution in [0, 0.1) is 13.8 Å². The van der Waals surface area contributed by atoms with Gasteiger partial charge in [0.25, 0.3) is 0 Å². The average Bonchev–Trinajstić information content (AvgIpc) is 3.60. The minimum atomic E-state index is -2.50. The molecule has 0 radical (unpaired) electrons. The van der Waals surface area contributed by atoms with E-state index >= 15 is 0 Å². The number of allylic oxidation sites excluding steroid dienone is 4. The van der Waals surface area contributed by atoms with Crippen LogP contribution in [-0.4, -0.2) is 5.43 Å². The number of hydrogen-bond acceptors (Lipinski definition) is 0. The molecule has 2 aliphatic carbocycles. The summed E-state index contributed by atoms with van der Waals surface area (Å²) in [6.45, 7) is 18.6. The summed E-state index contributed by atoms with van der Waals surface area (Å²) in [6.07, 6.45) is 9.43. The summed E-state index contributed by atoms with van der Waals surface area (Å²) in [4.78, 5) is 0. The molecule has 4 heteroatoms. The van der Waals surface area contributed by atoms with Crippen molar-refractivity contribution in [1.82, 2.24) is 0 Å². The van der Waals surface area contributed by atoms with Gasteiger partial charge < -0.3 is 24.8 Å². The number of aryl methyl sites for hydroxylation is 2. The van der Waals surface area contributed by atoms with Crippen LogP contribution in [0.1, 0.15) is 81.3 Å². The maximum absolute atomic E-state index is 2.69. The van der Waals surface area contributed by atoms with Crippen LogP contribution in [0.15, 0.2) is 100 Å². The van der Waals surface area contributed by atoms with Gasteiger partial charge in [0.2, 0.25) is 0 Å². The van der Waals surface area contributed by atoms with E-state index in [9.17, 15) is 0 Å². The third kappa shape index (κ3) is 6.90. The molecule has 0 aromatic heterocycles. The van der Waals surface area contributed by atoms with Gasteiger partial charge in [0, 0.05) is 0 Å². The molecule has 0 heterocycles. The van der Waals surface area contributed by atoms with Gasteiger partial charge in [-0.05, 0) is 0 Å². The first-order valence-electron chi connectivity index (χ1n) is 15.5. The summed E-state index contributed by atoms with van der Waals surface area (Å²) in [5.74, 6) is 0. The SMILES string of the molecule is Cc1ccc([Si](c2ccc(C)cc2)=[Zr+2]([C]2=CC=CC2)[c]2cc(C(C)(C)C)cc3c2Cc2ccc(C(C)(C)C)cc2-3)cc1.[Cl-].[Cl-]. The Morgan fingerprint density at radius 3 is 1.68 bits per heavy atom. The molecule has 44 heavy (non-hydrogen) atoms. The molecule has 4 aromatic carbocycles. The molecule has 6 rings (SSSR count). The molecular weight excluding hydrogens is 671 g/mol. The van der Waals surface area contributed by atoms with Crippen molar-refractivity contribution in [2.45, 2.75) is 79.1 Å². The number of benzene rings is 4. The fourth-order valence-corrected chi connectivity index (χ4v) is 26.7. The fraction of sp³-hybridized carbons (Fsp3) is 0.300. The summed E-state index contributed by atoms with van der Waals surface area (Å²) < 4.78 is 3.50. The van der Waals surface area contributed by atoms with Gasteiger partial charge in [-0.2, -0.15) is 0 Å². The summed E-state index contributed by atoms with van der Waals surface area (Å²) in [5.41, 5.74) is 10.9. The monoisotopic (exact) mass is 712 g/mol. The third-order valence-electron chi connectivity index (χ3n) is 9.04. The Kier molecular flexibility index (Phi) is 10.6. The van der Waals surface area contributed by atoms with Gasteiger partial charge in [-0.1, -0.05) is 0 Å². The molecule has 0 spiro atoms. The number of hydrogen-bond donors (Lipinski definition) is 0. The number of rotatable bonds is 4. The Labute approximate surface area is 286 Å². The zero-order valence-corrected chi connectivity index (χ0v) is 32.4. The fourth-order valence-electron chi connectivity index (χ4n) is 6.39. The minimum absolute atomic E-state index is 0. The molecule has 0 bridgehead atoms. The second-order valence-corrected chi connectivity index (χ2v) is 27.7. The summed E-state index contributed by atoms with van der Waals surface area (Å²) in [6, 6.07) is 31.8. The normalized spacial score (nSPS) is 13.2. The summed E-state index contributed by atoms with van der Waals surface area (Å²) in [5, 5.41) is 3.16. The Bertz CT molecular complexity index is 1730. The number of halogens is 2. The molecule has 0 saturated heterocycles. The Morgan fingerprint density at radius 2 is 1.18 bits per heavy atom. The van der Waals surface area contributed by atoms with Gasteiger partial charge >= 0.3 is 263 Å². The molecule has 0 saturated carbocycles. The molecule has 226 valence electrons. The molecule has 0 amide bonds. The zero-order valence-electron chi connectivity index (χ0n) is 27.4. The van der Waals surface area contributed by atoms with Crippen molar-refractivity contribution in [3.05, 3.63) is 134 Å². The standard InChI is InChI=1S/C21H25.C14H14Si.C5H5.2ClH.Zr/c1-20(2,3)16-9-7-14-11-15-8-10-17(21(4,5)6)13-19(15)18(14)12-16;1-11-3-7-13(8-4-11)15-14-9-5-12(2)6-10-14;1-2-4-5-3-1;;;/h7,9-10,12-13H,11H2,1-6H3;3-10H,1-2H3;1-3H,4H2;2*1H;/q;;;;;+2/p-2. The third-order valence-corrected chi connectivity index (χ3v) is 27.7. The van der Waals surface area contributed by atoms with E-state index in [1.54, 1.807) is 22.5 Å². The molecule has 4 aromatic rings. The van der Waals surface area contributed by atoms with Crippen LogP contribution >= 0.6 is 0 Å². The van der Waals surface area contributed by atoms with Crippen molar-refractivity contribution < 1.29 is 45.2 Å². The molecule has 0 unspecified atom stereocenters. The van der Waals surface area contributed by atoms with Gasteiger partial charge in [-0.15, -0.1) is 0 Å². The molecule has 0 nitrogen and oxygen atoms in total. The van der Waals surface area contributed by atoms with E-state index in [2.05, 4.69) is 152 Å². The maximum atomic E-state index is 2.69.